The second-order valence-electron chi connectivity index (χ2n) is 5.48. The summed E-state index contributed by atoms with van der Waals surface area (Å²) in [4.78, 5) is 11.2. The molecule has 5 aromatic rings. The fraction of sp³-hybridized carbons (Fsp3) is 0.0667. The zero-order chi connectivity index (χ0) is 17.7. The lowest BCUT2D eigenvalue weighted by atomic mass is 10.0. The summed E-state index contributed by atoms with van der Waals surface area (Å²) in [6.07, 6.45) is 6.41. The van der Waals surface area contributed by atoms with Gasteiger partial charge < -0.3 is 5.32 Å². The molecule has 0 spiro atoms. The normalized spacial score (nSPS) is 12.1. The first kappa shape index (κ1) is 16.5. The second-order valence-corrected chi connectivity index (χ2v) is 9.51. The molecule has 4 heterocycles. The van der Waals surface area contributed by atoms with Crippen LogP contribution in [-0.4, -0.2) is 36.8 Å². The molecule has 1 atom stereocenters. The van der Waals surface area contributed by atoms with Crippen LogP contribution in [0.3, 0.4) is 0 Å². The number of halogens is 1. The molecule has 7 nitrogen and oxygen atoms in total. The van der Waals surface area contributed by atoms with Crippen LogP contribution < -0.4 is 5.32 Å². The van der Waals surface area contributed by atoms with E-state index in [1.807, 2.05) is 23.9 Å². The van der Waals surface area contributed by atoms with Gasteiger partial charge in [0.25, 0.3) is 0 Å². The Balaban J connectivity index is 1.65. The largest absolute Gasteiger partial charge is 0.364 e. The number of benzene rings is 1. The summed E-state index contributed by atoms with van der Waals surface area (Å²) in [6.45, 7) is 0. The van der Waals surface area contributed by atoms with Gasteiger partial charge in [0.1, 0.15) is 5.01 Å². The zero-order valence-electron chi connectivity index (χ0n) is 13.3. The van der Waals surface area contributed by atoms with Gasteiger partial charge in [0, 0.05) is 29.8 Å². The van der Waals surface area contributed by atoms with Crippen molar-refractivity contribution in [2.24, 2.45) is 0 Å². The third kappa shape index (κ3) is 2.63. The molecule has 4 aromatic heterocycles. The molecule has 0 aliphatic heterocycles. The summed E-state index contributed by atoms with van der Waals surface area (Å²) >= 11 is 5.48. The Morgan fingerprint density at radius 3 is 2.77 bits per heavy atom. The van der Waals surface area contributed by atoms with Crippen LogP contribution in [-0.2, 0) is 0 Å². The van der Waals surface area contributed by atoms with E-state index in [0.717, 1.165) is 47.4 Å². The summed E-state index contributed by atoms with van der Waals surface area (Å²) < 4.78 is 1.94. The van der Waals surface area contributed by atoms with Crippen molar-refractivity contribution in [2.45, 2.75) is 0 Å². The van der Waals surface area contributed by atoms with Crippen LogP contribution >= 0.6 is 51.1 Å². The maximum atomic E-state index is 4.77. The maximum Gasteiger partial charge on any atom is 0.185 e. The van der Waals surface area contributed by atoms with E-state index in [1.165, 1.54) is 0 Å². The Kier molecular flexibility index (Phi) is 4.15. The fourth-order valence-corrected chi connectivity index (χ4v) is 5.85. The van der Waals surface area contributed by atoms with Crippen LogP contribution in [0.5, 0.6) is 0 Å². The van der Waals surface area contributed by atoms with Gasteiger partial charge in [-0.3, -0.25) is 5.10 Å². The van der Waals surface area contributed by atoms with Crippen molar-refractivity contribution in [3.63, 3.8) is 0 Å². The predicted molar refractivity (Wildman–Crippen MR) is 119 cm³/mol. The maximum absolute atomic E-state index is 4.77. The van der Waals surface area contributed by atoms with Gasteiger partial charge in [0.2, 0.25) is 0 Å². The van der Waals surface area contributed by atoms with Crippen LogP contribution in [0.1, 0.15) is 0 Å². The number of fused-ring (bicyclic) bond motifs is 2. The van der Waals surface area contributed by atoms with E-state index in [4.69, 9.17) is 4.98 Å². The molecule has 0 aliphatic rings. The minimum Gasteiger partial charge on any atom is -0.364 e. The summed E-state index contributed by atoms with van der Waals surface area (Å²) in [6, 6.07) is 4.22. The molecule has 130 valence electrons. The van der Waals surface area contributed by atoms with E-state index >= 15 is 0 Å². The Labute approximate surface area is 170 Å². The number of hydrogen-bond acceptors (Lipinski definition) is 7. The average Bonchev–Trinajstić information content (AvgIpc) is 3.42. The topological polar surface area (TPSA) is 84.3 Å². The van der Waals surface area contributed by atoms with Gasteiger partial charge in [-0.25, -0.2) is 14.4 Å². The SMILES string of the molecule is CNc1nc2sc(-c3ccc(-c4cnn(PI)c4)c4cn[nH]c34)nc2s1. The minimum atomic E-state index is 0.585. The van der Waals surface area contributed by atoms with Crippen molar-refractivity contribution >= 4 is 76.8 Å². The molecular weight excluding hydrogens is 500 g/mol. The first-order valence-corrected chi connectivity index (χ1v) is 13.3. The molecule has 0 saturated heterocycles. The van der Waals surface area contributed by atoms with Crippen molar-refractivity contribution in [1.29, 1.82) is 0 Å². The van der Waals surface area contributed by atoms with Crippen LogP contribution in [0.25, 0.3) is 42.3 Å². The van der Waals surface area contributed by atoms with E-state index in [-0.39, 0.29) is 0 Å². The molecule has 0 fully saturated rings. The highest BCUT2D eigenvalue weighted by Crippen LogP contribution is 2.39. The smallest absolute Gasteiger partial charge is 0.185 e. The molecule has 1 unspecified atom stereocenters. The third-order valence-electron chi connectivity index (χ3n) is 4.02. The Bertz CT molecular complexity index is 1210. The highest BCUT2D eigenvalue weighted by molar-refractivity contribution is 14.2. The van der Waals surface area contributed by atoms with Crippen molar-refractivity contribution in [1.82, 2.24) is 29.7 Å². The van der Waals surface area contributed by atoms with Crippen molar-refractivity contribution in [2.75, 3.05) is 12.4 Å². The van der Waals surface area contributed by atoms with Crippen molar-refractivity contribution in [3.05, 3.63) is 30.7 Å². The Morgan fingerprint density at radius 2 is 2.00 bits per heavy atom. The molecule has 0 bridgehead atoms. The number of thiazole rings is 2. The van der Waals surface area contributed by atoms with Crippen LogP contribution in [0.2, 0.25) is 0 Å². The monoisotopic (exact) mass is 511 g/mol. The number of rotatable bonds is 4. The summed E-state index contributed by atoms with van der Waals surface area (Å²) in [7, 11) is 1.87. The minimum absolute atomic E-state index is 0.585. The molecule has 26 heavy (non-hydrogen) atoms. The fourth-order valence-electron chi connectivity index (χ4n) is 2.84. The molecule has 0 saturated carbocycles. The number of H-pyrrole nitrogens is 1. The van der Waals surface area contributed by atoms with Crippen LogP contribution in [0.4, 0.5) is 5.13 Å². The van der Waals surface area contributed by atoms with E-state index in [0.29, 0.717) is 6.37 Å². The van der Waals surface area contributed by atoms with Crippen molar-refractivity contribution in [3.8, 4) is 21.7 Å². The van der Waals surface area contributed by atoms with Gasteiger partial charge in [-0.15, -0.1) is 0 Å². The highest BCUT2D eigenvalue weighted by atomic mass is 127. The molecule has 0 radical (unpaired) electrons. The van der Waals surface area contributed by atoms with Gasteiger partial charge >= 0.3 is 0 Å². The van der Waals surface area contributed by atoms with Gasteiger partial charge in [0.05, 0.1) is 24.3 Å². The lowest BCUT2D eigenvalue weighted by molar-refractivity contribution is 1.01. The van der Waals surface area contributed by atoms with Crippen LogP contribution in [0, 0.1) is 0 Å². The number of anilines is 1. The molecule has 11 heteroatoms. The van der Waals surface area contributed by atoms with Gasteiger partial charge in [-0.1, -0.05) is 28.7 Å². The lowest BCUT2D eigenvalue weighted by Crippen LogP contribution is -1.84. The third-order valence-corrected chi connectivity index (χ3v) is 7.99. The molecule has 2 N–H and O–H groups in total. The molecule has 5 rings (SSSR count). The molecular formula is C15H11IN7PS2. The number of aromatic amines is 1. The first-order valence-electron chi connectivity index (χ1n) is 7.60. The summed E-state index contributed by atoms with van der Waals surface area (Å²) in [5, 5.41) is 17.8. The molecule has 1 aromatic carbocycles. The molecule has 0 amide bonds. The van der Waals surface area contributed by atoms with E-state index < -0.39 is 0 Å². The van der Waals surface area contributed by atoms with E-state index in [9.17, 15) is 0 Å². The van der Waals surface area contributed by atoms with Crippen LogP contribution in [0.15, 0.2) is 30.7 Å². The van der Waals surface area contributed by atoms with Gasteiger partial charge in [-0.05, 0) is 33.7 Å². The summed E-state index contributed by atoms with van der Waals surface area (Å²) in [5.74, 6) is 0. The number of nitrogens with one attached hydrogen (secondary N) is 2. The average molecular weight is 511 g/mol. The van der Waals surface area contributed by atoms with Gasteiger partial charge in [-0.2, -0.15) is 10.2 Å². The number of nitrogens with zero attached hydrogens (tertiary/aromatic N) is 5. The zero-order valence-corrected chi connectivity index (χ0v) is 18.1. The first-order chi connectivity index (χ1) is 12.8. The second kappa shape index (κ2) is 6.52. The Morgan fingerprint density at radius 1 is 1.15 bits per heavy atom. The van der Waals surface area contributed by atoms with Crippen molar-refractivity contribution < 1.29 is 0 Å². The van der Waals surface area contributed by atoms with E-state index in [2.05, 4.69) is 66.0 Å². The van der Waals surface area contributed by atoms with Gasteiger partial charge in [0.15, 0.2) is 14.8 Å². The lowest BCUT2D eigenvalue weighted by Gasteiger charge is -2.04. The Hall–Kier alpha value is -1.62. The quantitative estimate of drug-likeness (QED) is 0.262. The molecule has 0 aliphatic carbocycles. The number of aromatic nitrogens is 6. The number of hydrogen-bond donors (Lipinski definition) is 2. The van der Waals surface area contributed by atoms with E-state index in [1.54, 1.807) is 22.7 Å². The predicted octanol–water partition coefficient (Wildman–Crippen LogP) is 4.99. The standard InChI is InChI=1S/C15H11IN7PS2/c1-17-15-21-14-13(26-15)20-12(25-14)9-3-2-8(10-5-18-22-11(9)10)7-4-19-23(6-7)24-16/h2-6,24H,1H3,(H,17,21)(H,18,22). The highest BCUT2D eigenvalue weighted by Gasteiger charge is 2.17. The summed E-state index contributed by atoms with van der Waals surface area (Å²) in [5.41, 5.74) is 4.24.